The number of thiophene rings is 1. The third-order valence-electron chi connectivity index (χ3n) is 4.40. The first kappa shape index (κ1) is 20.0. The maximum Gasteiger partial charge on any atom is 0.253 e. The average Bonchev–Trinajstić information content (AvgIpc) is 3.09. The van der Waals surface area contributed by atoms with Crippen LogP contribution in [0.15, 0.2) is 40.6 Å². The quantitative estimate of drug-likeness (QED) is 0.737. The van der Waals surface area contributed by atoms with E-state index in [0.717, 1.165) is 17.8 Å². The largest absolute Gasteiger partial charge is 0.325 e. The van der Waals surface area contributed by atoms with Crippen LogP contribution in [0.4, 0.5) is 5.69 Å². The molecule has 1 aliphatic heterocycles. The molecule has 2 aromatic rings. The monoisotopic (exact) mass is 426 g/mol. The Morgan fingerprint density at radius 1 is 1.22 bits per heavy atom. The molecule has 3 rings (SSSR count). The summed E-state index contributed by atoms with van der Waals surface area (Å²) in [5, 5.41) is 2.75. The SMILES string of the molecule is CC(=O)c1cccc(NC(=O)C2CCCCN2S(=O)(=O)c2ccc(Cl)s2)c1. The number of nitrogens with one attached hydrogen (secondary N) is 1. The van der Waals surface area contributed by atoms with Gasteiger partial charge in [0, 0.05) is 17.8 Å². The standard InChI is InChI=1S/C18H19ClN2O4S2/c1-12(22)13-5-4-6-14(11-13)20-18(23)15-7-2-3-10-21(15)27(24,25)17-9-8-16(19)26-17/h4-6,8-9,11,15H,2-3,7,10H2,1H3,(H,20,23). The minimum absolute atomic E-state index is 0.109. The van der Waals surface area contributed by atoms with Gasteiger partial charge in [-0.3, -0.25) is 9.59 Å². The summed E-state index contributed by atoms with van der Waals surface area (Å²) in [7, 11) is -3.80. The number of sulfonamides is 1. The first-order chi connectivity index (χ1) is 12.8. The van der Waals surface area contributed by atoms with Crippen LogP contribution in [0.3, 0.4) is 0 Å². The minimum atomic E-state index is -3.80. The molecule has 0 radical (unpaired) electrons. The van der Waals surface area contributed by atoms with Crippen molar-refractivity contribution in [2.45, 2.75) is 36.4 Å². The van der Waals surface area contributed by atoms with Crippen molar-refractivity contribution in [3.63, 3.8) is 0 Å². The van der Waals surface area contributed by atoms with Gasteiger partial charge in [0.25, 0.3) is 10.0 Å². The third-order valence-corrected chi connectivity index (χ3v) is 8.01. The molecule has 0 aliphatic carbocycles. The van der Waals surface area contributed by atoms with Crippen LogP contribution in [0.5, 0.6) is 0 Å². The van der Waals surface area contributed by atoms with Crippen molar-refractivity contribution in [2.75, 3.05) is 11.9 Å². The Morgan fingerprint density at radius 2 is 2.00 bits per heavy atom. The molecule has 0 spiro atoms. The van der Waals surface area contributed by atoms with Crippen molar-refractivity contribution >= 4 is 50.3 Å². The molecule has 1 saturated heterocycles. The number of Topliss-reactive ketones (excluding diaryl/α,β-unsaturated/α-hetero) is 1. The van der Waals surface area contributed by atoms with E-state index in [-0.39, 0.29) is 16.5 Å². The molecular formula is C18H19ClN2O4S2. The van der Waals surface area contributed by atoms with Crippen LogP contribution in [0.25, 0.3) is 0 Å². The summed E-state index contributed by atoms with van der Waals surface area (Å²) in [6.07, 6.45) is 1.90. The maximum absolute atomic E-state index is 13.0. The highest BCUT2D eigenvalue weighted by Gasteiger charge is 2.38. The molecule has 6 nitrogen and oxygen atoms in total. The zero-order valence-electron chi connectivity index (χ0n) is 14.6. The van der Waals surface area contributed by atoms with E-state index in [1.165, 1.54) is 23.4 Å². The minimum Gasteiger partial charge on any atom is -0.325 e. The number of ketones is 1. The summed E-state index contributed by atoms with van der Waals surface area (Å²) in [6.45, 7) is 1.73. The lowest BCUT2D eigenvalue weighted by Crippen LogP contribution is -2.49. The Labute approximate surface area is 167 Å². The van der Waals surface area contributed by atoms with E-state index in [1.807, 2.05) is 0 Å². The Morgan fingerprint density at radius 3 is 2.67 bits per heavy atom. The van der Waals surface area contributed by atoms with Crippen molar-refractivity contribution in [3.8, 4) is 0 Å². The van der Waals surface area contributed by atoms with Gasteiger partial charge in [-0.15, -0.1) is 11.3 Å². The number of hydrogen-bond acceptors (Lipinski definition) is 5. The van der Waals surface area contributed by atoms with Crippen LogP contribution < -0.4 is 5.32 Å². The molecule has 27 heavy (non-hydrogen) atoms. The lowest BCUT2D eigenvalue weighted by Gasteiger charge is -2.33. The Bertz CT molecular complexity index is 971. The van der Waals surface area contributed by atoms with Gasteiger partial charge in [0.1, 0.15) is 10.3 Å². The summed E-state index contributed by atoms with van der Waals surface area (Å²) in [4.78, 5) is 24.3. The normalized spacial score (nSPS) is 18.2. The zero-order chi connectivity index (χ0) is 19.6. The predicted molar refractivity (Wildman–Crippen MR) is 106 cm³/mol. The lowest BCUT2D eigenvalue weighted by atomic mass is 10.0. The number of halogens is 1. The smallest absolute Gasteiger partial charge is 0.253 e. The van der Waals surface area contributed by atoms with Crippen molar-refractivity contribution in [1.29, 1.82) is 0 Å². The molecule has 1 aromatic heterocycles. The van der Waals surface area contributed by atoms with Gasteiger partial charge in [-0.05, 0) is 44.0 Å². The number of hydrogen-bond donors (Lipinski definition) is 1. The van der Waals surface area contributed by atoms with Gasteiger partial charge in [-0.25, -0.2) is 8.42 Å². The van der Waals surface area contributed by atoms with E-state index in [4.69, 9.17) is 11.6 Å². The van der Waals surface area contributed by atoms with Gasteiger partial charge < -0.3 is 5.32 Å². The van der Waals surface area contributed by atoms with Gasteiger partial charge in [-0.2, -0.15) is 4.31 Å². The fourth-order valence-electron chi connectivity index (χ4n) is 3.05. The second-order valence-electron chi connectivity index (χ2n) is 6.31. The van der Waals surface area contributed by atoms with Crippen LogP contribution >= 0.6 is 22.9 Å². The number of nitrogens with zero attached hydrogens (tertiary/aromatic N) is 1. The Hall–Kier alpha value is -1.74. The molecule has 9 heteroatoms. The molecule has 0 bridgehead atoms. The highest BCUT2D eigenvalue weighted by atomic mass is 35.5. The second kappa shape index (κ2) is 8.10. The lowest BCUT2D eigenvalue weighted by molar-refractivity contribution is -0.120. The molecule has 1 unspecified atom stereocenters. The summed E-state index contributed by atoms with van der Waals surface area (Å²) in [5.74, 6) is -0.510. The summed E-state index contributed by atoms with van der Waals surface area (Å²) in [6, 6.07) is 8.79. The number of carbonyl (C=O) groups excluding carboxylic acids is 2. The molecule has 2 heterocycles. The fraction of sp³-hybridized carbons (Fsp3) is 0.333. The highest BCUT2D eigenvalue weighted by Crippen LogP contribution is 2.32. The molecule has 1 aliphatic rings. The van der Waals surface area contributed by atoms with Gasteiger partial charge >= 0.3 is 0 Å². The van der Waals surface area contributed by atoms with Crippen LogP contribution in [-0.2, 0) is 14.8 Å². The van der Waals surface area contributed by atoms with Gasteiger partial charge in [0.15, 0.2) is 5.78 Å². The van der Waals surface area contributed by atoms with Gasteiger partial charge in [-0.1, -0.05) is 30.2 Å². The number of amides is 1. The van der Waals surface area contributed by atoms with Crippen molar-refractivity contribution in [1.82, 2.24) is 4.31 Å². The van der Waals surface area contributed by atoms with Crippen LogP contribution in [-0.4, -0.2) is 37.0 Å². The predicted octanol–water partition coefficient (Wildman–Crippen LogP) is 3.79. The third kappa shape index (κ3) is 4.40. The van der Waals surface area contributed by atoms with E-state index in [2.05, 4.69) is 5.32 Å². The van der Waals surface area contributed by atoms with Crippen LogP contribution in [0, 0.1) is 0 Å². The molecular weight excluding hydrogens is 408 g/mol. The number of benzene rings is 1. The van der Waals surface area contributed by atoms with Gasteiger partial charge in [0.05, 0.1) is 4.34 Å². The Kier molecular flexibility index (Phi) is 6.00. The molecule has 1 amide bonds. The highest BCUT2D eigenvalue weighted by molar-refractivity contribution is 7.91. The number of rotatable bonds is 5. The molecule has 144 valence electrons. The summed E-state index contributed by atoms with van der Waals surface area (Å²) < 4.78 is 27.7. The fourth-order valence-corrected chi connectivity index (χ4v) is 6.32. The van der Waals surface area contributed by atoms with Gasteiger partial charge in [0.2, 0.25) is 5.91 Å². The average molecular weight is 427 g/mol. The van der Waals surface area contributed by atoms with Crippen molar-refractivity contribution < 1.29 is 18.0 Å². The van der Waals surface area contributed by atoms with E-state index >= 15 is 0 Å². The molecule has 0 saturated carbocycles. The first-order valence-corrected chi connectivity index (χ1v) is 11.1. The number of carbonyl (C=O) groups is 2. The van der Waals surface area contributed by atoms with Crippen LogP contribution in [0.1, 0.15) is 36.5 Å². The number of anilines is 1. The van der Waals surface area contributed by atoms with Crippen molar-refractivity contribution in [3.05, 3.63) is 46.3 Å². The molecule has 1 N–H and O–H groups in total. The van der Waals surface area contributed by atoms with E-state index in [9.17, 15) is 18.0 Å². The molecule has 1 aromatic carbocycles. The van der Waals surface area contributed by atoms with Crippen LogP contribution in [0.2, 0.25) is 4.34 Å². The Balaban J connectivity index is 1.84. The zero-order valence-corrected chi connectivity index (χ0v) is 17.0. The van der Waals surface area contributed by atoms with E-state index in [0.29, 0.717) is 28.4 Å². The van der Waals surface area contributed by atoms with E-state index < -0.39 is 22.0 Å². The summed E-state index contributed by atoms with van der Waals surface area (Å²) >= 11 is 6.86. The van der Waals surface area contributed by atoms with Crippen molar-refractivity contribution in [2.24, 2.45) is 0 Å². The number of piperidine rings is 1. The molecule has 1 fully saturated rings. The second-order valence-corrected chi connectivity index (χ2v) is 10.1. The summed E-state index contributed by atoms with van der Waals surface area (Å²) in [5.41, 5.74) is 0.948. The topological polar surface area (TPSA) is 83.6 Å². The molecule has 1 atom stereocenters. The maximum atomic E-state index is 13.0. The van der Waals surface area contributed by atoms with E-state index in [1.54, 1.807) is 24.3 Å². The first-order valence-electron chi connectivity index (χ1n) is 8.48.